The van der Waals surface area contributed by atoms with E-state index in [-0.39, 0.29) is 17.9 Å². The number of carbonyl (C=O) groups excluding carboxylic acids is 1. The first-order valence-corrected chi connectivity index (χ1v) is 8.14. The largest absolute Gasteiger partial charge is 0.466 e. The van der Waals surface area contributed by atoms with Gasteiger partial charge >= 0.3 is 5.97 Å². The summed E-state index contributed by atoms with van der Waals surface area (Å²) in [5.41, 5.74) is -0.351. The van der Waals surface area contributed by atoms with Crippen molar-refractivity contribution in [1.29, 1.82) is 5.26 Å². The lowest BCUT2D eigenvalue weighted by molar-refractivity contribution is -0.150. The normalized spacial score (nSPS) is 28.7. The van der Waals surface area contributed by atoms with Crippen LogP contribution in [0.4, 0.5) is 0 Å². The van der Waals surface area contributed by atoms with Gasteiger partial charge in [0.15, 0.2) is 0 Å². The van der Waals surface area contributed by atoms with Gasteiger partial charge in [-0.3, -0.25) is 4.79 Å². The maximum Gasteiger partial charge on any atom is 0.313 e. The molecule has 1 aliphatic carbocycles. The maximum atomic E-state index is 12.4. The van der Waals surface area contributed by atoms with Crippen LogP contribution in [-0.2, 0) is 9.53 Å². The number of ether oxygens (including phenoxy) is 1. The van der Waals surface area contributed by atoms with Gasteiger partial charge in [-0.25, -0.2) is 0 Å². The lowest BCUT2D eigenvalue weighted by atomic mass is 9.74. The second-order valence-electron chi connectivity index (χ2n) is 6.91. The average molecular weight is 314 g/mol. The second kappa shape index (κ2) is 6.33. The van der Waals surface area contributed by atoms with E-state index >= 15 is 0 Å². The van der Waals surface area contributed by atoms with Gasteiger partial charge in [0.05, 0.1) is 23.5 Å². The zero-order valence-corrected chi connectivity index (χ0v) is 14.7. The first-order chi connectivity index (χ1) is 10.8. The van der Waals surface area contributed by atoms with E-state index in [0.717, 1.165) is 5.56 Å². The summed E-state index contributed by atoms with van der Waals surface area (Å²) in [6, 6.07) is 12.7. The molecule has 0 aliphatic heterocycles. The summed E-state index contributed by atoms with van der Waals surface area (Å²) < 4.78 is 5.25. The molecule has 0 aromatic heterocycles. The van der Waals surface area contributed by atoms with Gasteiger partial charge in [0, 0.05) is 12.0 Å². The minimum Gasteiger partial charge on any atom is -0.466 e. The third-order valence-electron chi connectivity index (χ3n) is 5.40. The number of nitrogens with zero attached hydrogens (tertiary/aromatic N) is 2. The summed E-state index contributed by atoms with van der Waals surface area (Å²) >= 11 is 0. The predicted octanol–water partition coefficient (Wildman–Crippen LogP) is 3.20. The van der Waals surface area contributed by atoms with E-state index in [1.165, 1.54) is 0 Å². The third kappa shape index (κ3) is 2.74. The molecule has 23 heavy (non-hydrogen) atoms. The first kappa shape index (κ1) is 17.5. The Morgan fingerprint density at radius 2 is 2.00 bits per heavy atom. The molecule has 4 atom stereocenters. The molecule has 0 saturated heterocycles. The zero-order valence-electron chi connectivity index (χ0n) is 14.7. The van der Waals surface area contributed by atoms with Gasteiger partial charge in [-0.05, 0) is 46.9 Å². The van der Waals surface area contributed by atoms with Crippen LogP contribution in [0.15, 0.2) is 30.3 Å². The highest BCUT2D eigenvalue weighted by molar-refractivity contribution is 5.83. The summed E-state index contributed by atoms with van der Waals surface area (Å²) in [7, 11) is 4.02. The number of carbonyl (C=O) groups is 1. The molecule has 1 aromatic carbocycles. The van der Waals surface area contributed by atoms with Crippen LogP contribution in [0, 0.1) is 22.2 Å². The van der Waals surface area contributed by atoms with E-state index in [4.69, 9.17) is 4.74 Å². The number of rotatable bonds is 6. The summed E-state index contributed by atoms with van der Waals surface area (Å²) in [6.45, 7) is 6.12. The van der Waals surface area contributed by atoms with Crippen molar-refractivity contribution in [2.45, 2.75) is 39.2 Å². The first-order valence-electron chi connectivity index (χ1n) is 8.14. The fourth-order valence-electron chi connectivity index (χ4n) is 3.68. The van der Waals surface area contributed by atoms with Crippen molar-refractivity contribution >= 4 is 5.97 Å². The summed E-state index contributed by atoms with van der Waals surface area (Å²) in [5, 5.41) is 10.00. The van der Waals surface area contributed by atoms with Gasteiger partial charge in [0.1, 0.15) is 0 Å². The quantitative estimate of drug-likeness (QED) is 0.757. The molecule has 0 bridgehead atoms. The van der Waals surface area contributed by atoms with Crippen LogP contribution in [0.2, 0.25) is 0 Å². The molecule has 0 amide bonds. The van der Waals surface area contributed by atoms with E-state index in [1.807, 2.05) is 51.4 Å². The lowest BCUT2D eigenvalue weighted by Crippen LogP contribution is -2.39. The van der Waals surface area contributed by atoms with Gasteiger partial charge in [-0.1, -0.05) is 30.3 Å². The van der Waals surface area contributed by atoms with Crippen molar-refractivity contribution in [2.75, 3.05) is 20.7 Å². The molecule has 124 valence electrons. The van der Waals surface area contributed by atoms with Crippen LogP contribution in [0.1, 0.15) is 38.7 Å². The Morgan fingerprint density at radius 3 is 2.48 bits per heavy atom. The van der Waals surface area contributed by atoms with Crippen molar-refractivity contribution in [1.82, 2.24) is 4.90 Å². The second-order valence-corrected chi connectivity index (χ2v) is 6.91. The van der Waals surface area contributed by atoms with Crippen LogP contribution >= 0.6 is 0 Å². The van der Waals surface area contributed by atoms with Crippen molar-refractivity contribution in [3.63, 3.8) is 0 Å². The Hall–Kier alpha value is -1.86. The van der Waals surface area contributed by atoms with Crippen LogP contribution in [0.3, 0.4) is 0 Å². The van der Waals surface area contributed by atoms with E-state index in [0.29, 0.717) is 13.0 Å². The SMILES string of the molecule is CCOC(=O)[C@@]1(C)C[C@@]1(C#N)[C@@H](c1ccccc1)[C@H](C)N(C)C. The number of hydrogen-bond acceptors (Lipinski definition) is 4. The van der Waals surface area contributed by atoms with Gasteiger partial charge in [0.2, 0.25) is 0 Å². The summed E-state index contributed by atoms with van der Waals surface area (Å²) in [4.78, 5) is 14.6. The molecule has 1 aromatic rings. The molecule has 0 unspecified atom stereocenters. The molecule has 0 spiro atoms. The van der Waals surface area contributed by atoms with Crippen LogP contribution < -0.4 is 0 Å². The van der Waals surface area contributed by atoms with E-state index in [1.54, 1.807) is 6.92 Å². The van der Waals surface area contributed by atoms with Gasteiger partial charge in [-0.2, -0.15) is 5.26 Å². The van der Waals surface area contributed by atoms with E-state index < -0.39 is 10.8 Å². The maximum absolute atomic E-state index is 12.4. The zero-order chi connectivity index (χ0) is 17.3. The Kier molecular flexibility index (Phi) is 4.81. The molecule has 1 saturated carbocycles. The topological polar surface area (TPSA) is 53.3 Å². The molecule has 0 radical (unpaired) electrons. The van der Waals surface area contributed by atoms with E-state index in [9.17, 15) is 10.1 Å². The Labute approximate surface area is 139 Å². The van der Waals surface area contributed by atoms with Crippen molar-refractivity contribution in [3.8, 4) is 6.07 Å². The molecular formula is C19H26N2O2. The average Bonchev–Trinajstić information content (AvgIpc) is 3.16. The van der Waals surface area contributed by atoms with Crippen molar-refractivity contribution in [3.05, 3.63) is 35.9 Å². The summed E-state index contributed by atoms with van der Waals surface area (Å²) in [5.74, 6) is -0.299. The molecule has 4 nitrogen and oxygen atoms in total. The minimum atomic E-state index is -0.734. The molecular weight excluding hydrogens is 288 g/mol. The third-order valence-corrected chi connectivity index (χ3v) is 5.40. The number of hydrogen-bond donors (Lipinski definition) is 0. The Bertz CT molecular complexity index is 608. The molecule has 0 heterocycles. The van der Waals surface area contributed by atoms with Gasteiger partial charge < -0.3 is 9.64 Å². The standard InChI is InChI=1S/C19H26N2O2/c1-6-23-17(22)18(3)12-19(18,13-20)16(14(2)21(4)5)15-10-8-7-9-11-15/h7-11,14,16H,6,12H2,1-5H3/t14-,16+,18+,19+/m0/s1. The molecule has 2 rings (SSSR count). The fraction of sp³-hybridized carbons (Fsp3) is 0.579. The summed E-state index contributed by atoms with van der Waals surface area (Å²) in [6.07, 6.45) is 0.549. The van der Waals surface area contributed by atoms with Gasteiger partial charge in [-0.15, -0.1) is 0 Å². The predicted molar refractivity (Wildman–Crippen MR) is 89.7 cm³/mol. The van der Waals surface area contributed by atoms with Crippen LogP contribution in [0.25, 0.3) is 0 Å². The smallest absolute Gasteiger partial charge is 0.313 e. The number of esters is 1. The molecule has 1 fully saturated rings. The van der Waals surface area contributed by atoms with Gasteiger partial charge in [0.25, 0.3) is 0 Å². The fourth-order valence-corrected chi connectivity index (χ4v) is 3.68. The Balaban J connectivity index is 2.47. The number of nitriles is 1. The lowest BCUT2D eigenvalue weighted by Gasteiger charge is -2.35. The number of benzene rings is 1. The molecule has 4 heteroatoms. The van der Waals surface area contributed by atoms with Crippen LogP contribution in [-0.4, -0.2) is 37.6 Å². The molecule has 1 aliphatic rings. The number of likely N-dealkylation sites (N-methyl/N-ethyl adjacent to an activating group) is 1. The highest BCUT2D eigenvalue weighted by atomic mass is 16.5. The minimum absolute atomic E-state index is 0.0434. The van der Waals surface area contributed by atoms with Crippen molar-refractivity contribution in [2.24, 2.45) is 10.8 Å². The molecule has 0 N–H and O–H groups in total. The van der Waals surface area contributed by atoms with Crippen molar-refractivity contribution < 1.29 is 9.53 Å². The van der Waals surface area contributed by atoms with E-state index in [2.05, 4.69) is 17.9 Å². The van der Waals surface area contributed by atoms with Crippen LogP contribution in [0.5, 0.6) is 0 Å². The monoisotopic (exact) mass is 314 g/mol. The Morgan fingerprint density at radius 1 is 1.39 bits per heavy atom. The highest BCUT2D eigenvalue weighted by Gasteiger charge is 2.74. The highest BCUT2D eigenvalue weighted by Crippen LogP contribution is 2.71.